The molecule has 0 radical (unpaired) electrons. The van der Waals surface area contributed by atoms with Crippen LogP contribution in [0.4, 0.5) is 0 Å². The number of fused-ring (bicyclic) bond motifs is 1. The number of hydrogen-bond donors (Lipinski definition) is 3. The van der Waals surface area contributed by atoms with Gasteiger partial charge in [0, 0.05) is 28.8 Å². The van der Waals surface area contributed by atoms with Crippen molar-refractivity contribution in [2.45, 2.75) is 13.0 Å². The molecule has 0 saturated heterocycles. The number of benzene rings is 3. The average molecular weight is 401 g/mol. The van der Waals surface area contributed by atoms with Crippen LogP contribution >= 0.6 is 0 Å². The minimum Gasteiger partial charge on any atom is -0.508 e. The molecule has 6 heteroatoms. The number of aryl methyl sites for hydroxylation is 1. The Kier molecular flexibility index (Phi) is 4.98. The van der Waals surface area contributed by atoms with E-state index in [-0.39, 0.29) is 28.4 Å². The molecule has 0 aliphatic carbocycles. The zero-order chi connectivity index (χ0) is 21.3. The molecule has 0 aliphatic rings. The van der Waals surface area contributed by atoms with E-state index in [9.17, 15) is 20.1 Å². The number of phenolic OH excluding ortho intramolecular Hbond substituents is 3. The molecule has 6 nitrogen and oxygen atoms in total. The molecule has 1 heterocycles. The molecule has 30 heavy (non-hydrogen) atoms. The summed E-state index contributed by atoms with van der Waals surface area (Å²) in [5.74, 6) is -0.107. The normalized spacial score (nSPS) is 12.4. The van der Waals surface area contributed by atoms with Crippen LogP contribution in [0.25, 0.3) is 11.0 Å². The Bertz CT molecular complexity index is 1320. The maximum atomic E-state index is 12.0. The Balaban J connectivity index is 2.00. The lowest BCUT2D eigenvalue weighted by Crippen LogP contribution is -2.05. The van der Waals surface area contributed by atoms with Crippen LogP contribution in [0, 0.1) is 6.92 Å². The van der Waals surface area contributed by atoms with Gasteiger partial charge in [-0.2, -0.15) is 0 Å². The smallest absolute Gasteiger partial charge is 0.336 e. The maximum Gasteiger partial charge on any atom is 0.336 e. The summed E-state index contributed by atoms with van der Waals surface area (Å²) in [6.07, 6.45) is 1.46. The molecular weight excluding hydrogens is 382 g/mol. The van der Waals surface area contributed by atoms with Gasteiger partial charge >= 0.3 is 5.63 Å². The summed E-state index contributed by atoms with van der Waals surface area (Å²) < 4.78 is 5.45. The summed E-state index contributed by atoms with van der Waals surface area (Å²) in [4.78, 5) is 16.6. The highest BCUT2D eigenvalue weighted by molar-refractivity contribution is 5.87. The van der Waals surface area contributed by atoms with Crippen molar-refractivity contribution in [3.8, 4) is 17.2 Å². The summed E-state index contributed by atoms with van der Waals surface area (Å²) in [5.41, 5.74) is 1.48. The number of para-hydroxylation sites is 2. The van der Waals surface area contributed by atoms with Gasteiger partial charge in [0.15, 0.2) is 0 Å². The molecule has 4 aromatic rings. The zero-order valence-electron chi connectivity index (χ0n) is 16.1. The van der Waals surface area contributed by atoms with Crippen LogP contribution in [-0.4, -0.2) is 21.5 Å². The third-order valence-corrected chi connectivity index (χ3v) is 4.94. The fourth-order valence-corrected chi connectivity index (χ4v) is 3.44. The molecule has 1 unspecified atom stereocenters. The second kappa shape index (κ2) is 7.75. The molecule has 1 aromatic heterocycles. The minimum atomic E-state index is -0.889. The standard InChI is InChI=1S/C24H19NO5/c1-14-12-21(29)30-24-16(14)10-11-20(28)22(24)23(17-7-3-5-9-19(17)27)25-13-15-6-2-4-8-18(15)26/h2-13,23,26-28H,1H3. The number of aromatic hydroxyl groups is 3. The summed E-state index contributed by atoms with van der Waals surface area (Å²) >= 11 is 0. The summed E-state index contributed by atoms with van der Waals surface area (Å²) in [7, 11) is 0. The van der Waals surface area contributed by atoms with Crippen LogP contribution in [0.2, 0.25) is 0 Å². The monoisotopic (exact) mass is 401 g/mol. The van der Waals surface area contributed by atoms with E-state index in [4.69, 9.17) is 4.42 Å². The molecule has 1 atom stereocenters. The van der Waals surface area contributed by atoms with Crippen LogP contribution in [0.1, 0.15) is 28.3 Å². The molecule has 0 aliphatic heterocycles. The maximum absolute atomic E-state index is 12.0. The molecule has 3 N–H and O–H groups in total. The highest BCUT2D eigenvalue weighted by atomic mass is 16.4. The number of hydrogen-bond acceptors (Lipinski definition) is 6. The lowest BCUT2D eigenvalue weighted by atomic mass is 9.94. The summed E-state index contributed by atoms with van der Waals surface area (Å²) in [6.45, 7) is 1.78. The van der Waals surface area contributed by atoms with Crippen molar-refractivity contribution in [2.24, 2.45) is 4.99 Å². The van der Waals surface area contributed by atoms with Crippen molar-refractivity contribution in [3.05, 3.63) is 99.4 Å². The Morgan fingerprint density at radius 3 is 2.33 bits per heavy atom. The highest BCUT2D eigenvalue weighted by Gasteiger charge is 2.24. The van der Waals surface area contributed by atoms with Crippen LogP contribution in [0.15, 0.2) is 80.9 Å². The summed E-state index contributed by atoms with van der Waals surface area (Å²) in [6, 6.07) is 16.9. The largest absolute Gasteiger partial charge is 0.508 e. The van der Waals surface area contributed by atoms with Crippen molar-refractivity contribution >= 4 is 17.2 Å². The second-order valence-electron chi connectivity index (χ2n) is 6.92. The molecule has 0 fully saturated rings. The fourth-order valence-electron chi connectivity index (χ4n) is 3.44. The molecule has 150 valence electrons. The lowest BCUT2D eigenvalue weighted by molar-refractivity contribution is 0.453. The van der Waals surface area contributed by atoms with E-state index >= 15 is 0 Å². The van der Waals surface area contributed by atoms with E-state index in [1.165, 1.54) is 30.5 Å². The molecule has 0 saturated carbocycles. The number of rotatable bonds is 4. The number of phenols is 3. The third-order valence-electron chi connectivity index (χ3n) is 4.94. The first-order valence-corrected chi connectivity index (χ1v) is 9.31. The van der Waals surface area contributed by atoms with Gasteiger partial charge in [-0.3, -0.25) is 4.99 Å². The first-order chi connectivity index (χ1) is 14.5. The van der Waals surface area contributed by atoms with Gasteiger partial charge in [-0.15, -0.1) is 0 Å². The zero-order valence-corrected chi connectivity index (χ0v) is 16.1. The van der Waals surface area contributed by atoms with Crippen LogP contribution < -0.4 is 5.63 Å². The molecular formula is C24H19NO5. The first-order valence-electron chi connectivity index (χ1n) is 9.31. The number of nitrogens with zero attached hydrogens (tertiary/aromatic N) is 1. The average Bonchev–Trinajstić information content (AvgIpc) is 2.71. The third kappa shape index (κ3) is 3.51. The van der Waals surface area contributed by atoms with Gasteiger partial charge in [-0.1, -0.05) is 30.3 Å². The van der Waals surface area contributed by atoms with E-state index in [1.807, 2.05) is 0 Å². The van der Waals surface area contributed by atoms with Crippen LogP contribution in [0.3, 0.4) is 0 Å². The van der Waals surface area contributed by atoms with Gasteiger partial charge in [0.05, 0.1) is 5.56 Å². The fraction of sp³-hybridized carbons (Fsp3) is 0.0833. The molecule has 0 spiro atoms. The van der Waals surface area contributed by atoms with Gasteiger partial charge in [-0.05, 0) is 42.8 Å². The Hall–Kier alpha value is -4.06. The van der Waals surface area contributed by atoms with Gasteiger partial charge in [-0.25, -0.2) is 4.79 Å². The van der Waals surface area contributed by atoms with Crippen molar-refractivity contribution in [1.29, 1.82) is 0 Å². The Morgan fingerprint density at radius 1 is 0.900 bits per heavy atom. The molecule has 0 amide bonds. The van der Waals surface area contributed by atoms with Crippen molar-refractivity contribution in [1.82, 2.24) is 0 Å². The Morgan fingerprint density at radius 2 is 1.60 bits per heavy atom. The van der Waals surface area contributed by atoms with Gasteiger partial charge < -0.3 is 19.7 Å². The number of aliphatic imine (C=N–C) groups is 1. The van der Waals surface area contributed by atoms with Crippen molar-refractivity contribution < 1.29 is 19.7 Å². The topological polar surface area (TPSA) is 103 Å². The van der Waals surface area contributed by atoms with Crippen molar-refractivity contribution in [2.75, 3.05) is 0 Å². The SMILES string of the molecule is Cc1cc(=O)oc2c(C(N=Cc3ccccc3O)c3ccccc3O)c(O)ccc12. The Labute approximate surface area is 172 Å². The molecule has 3 aromatic carbocycles. The van der Waals surface area contributed by atoms with E-state index in [1.54, 1.807) is 49.4 Å². The van der Waals surface area contributed by atoms with Gasteiger partial charge in [0.1, 0.15) is 28.9 Å². The predicted octanol–water partition coefficient (Wildman–Crippen LogP) is 4.43. The van der Waals surface area contributed by atoms with Crippen molar-refractivity contribution in [3.63, 3.8) is 0 Å². The van der Waals surface area contributed by atoms with Gasteiger partial charge in [0.2, 0.25) is 0 Å². The highest BCUT2D eigenvalue weighted by Crippen LogP contribution is 2.41. The van der Waals surface area contributed by atoms with Crippen LogP contribution in [0.5, 0.6) is 17.2 Å². The van der Waals surface area contributed by atoms with E-state index in [0.717, 1.165) is 0 Å². The quantitative estimate of drug-likeness (QED) is 0.347. The van der Waals surface area contributed by atoms with Gasteiger partial charge in [0.25, 0.3) is 0 Å². The summed E-state index contributed by atoms with van der Waals surface area (Å²) in [5, 5.41) is 31.9. The van der Waals surface area contributed by atoms with Crippen LogP contribution in [-0.2, 0) is 0 Å². The van der Waals surface area contributed by atoms with E-state index in [0.29, 0.717) is 22.1 Å². The van der Waals surface area contributed by atoms with E-state index in [2.05, 4.69) is 4.99 Å². The van der Waals surface area contributed by atoms with E-state index < -0.39 is 11.7 Å². The minimum absolute atomic E-state index is 0.0247. The molecule has 0 bridgehead atoms. The first kappa shape index (κ1) is 19.3. The molecule has 4 rings (SSSR count). The predicted molar refractivity (Wildman–Crippen MR) is 115 cm³/mol. The lowest BCUT2D eigenvalue weighted by Gasteiger charge is -2.18. The second-order valence-corrected chi connectivity index (χ2v) is 6.92.